The summed E-state index contributed by atoms with van der Waals surface area (Å²) >= 11 is 0. The molecule has 10 nitrogen and oxygen atoms in total. The Kier molecular flexibility index (Phi) is 6.61. The first kappa shape index (κ1) is 21.1. The maximum absolute atomic E-state index is 15.0. The first-order valence-corrected chi connectivity index (χ1v) is 10.7. The minimum atomic E-state index is -3.43. The smallest absolute Gasteiger partial charge is 0.356 e. The van der Waals surface area contributed by atoms with Gasteiger partial charge in [0.15, 0.2) is 36.2 Å². The van der Waals surface area contributed by atoms with Gasteiger partial charge in [0.1, 0.15) is 6.33 Å². The standard InChI is InChI=1S/C16H24FN4O6P/c1-5-25-28(22,26-6-2)9-24-16-10(3)11(17)15(27-16)21-8-20-12-13(21)18-7-19-14(12)23-4/h7-8,10-11,15-16H,5-6,9H2,1-4H3/t10?,11-,15+,16-/m0/s1. The number of hydrogen-bond donors (Lipinski definition) is 0. The lowest BCUT2D eigenvalue weighted by molar-refractivity contribution is -0.154. The Labute approximate surface area is 161 Å². The van der Waals surface area contributed by atoms with Crippen LogP contribution in [0.25, 0.3) is 11.2 Å². The minimum absolute atomic E-state index is 0.207. The van der Waals surface area contributed by atoms with Crippen LogP contribution in [0.5, 0.6) is 5.88 Å². The van der Waals surface area contributed by atoms with Gasteiger partial charge in [-0.1, -0.05) is 6.92 Å². The van der Waals surface area contributed by atoms with E-state index in [1.807, 2.05) is 0 Å². The fraction of sp³-hybridized carbons (Fsp3) is 0.688. The van der Waals surface area contributed by atoms with Crippen molar-refractivity contribution in [3.05, 3.63) is 12.7 Å². The molecule has 1 aliphatic heterocycles. The molecule has 0 aliphatic carbocycles. The van der Waals surface area contributed by atoms with E-state index in [1.165, 1.54) is 24.3 Å². The number of rotatable bonds is 9. The number of hydrogen-bond acceptors (Lipinski definition) is 9. The van der Waals surface area contributed by atoms with E-state index in [2.05, 4.69) is 15.0 Å². The summed E-state index contributed by atoms with van der Waals surface area (Å²) in [5.74, 6) is -0.338. The van der Waals surface area contributed by atoms with Crippen molar-refractivity contribution in [1.82, 2.24) is 19.5 Å². The molecule has 2 aromatic rings. The van der Waals surface area contributed by atoms with Crippen molar-refractivity contribution in [2.75, 3.05) is 26.7 Å². The molecule has 0 aromatic carbocycles. The van der Waals surface area contributed by atoms with Crippen molar-refractivity contribution in [3.63, 3.8) is 0 Å². The van der Waals surface area contributed by atoms with Gasteiger partial charge in [-0.25, -0.2) is 14.4 Å². The second-order valence-electron chi connectivity index (χ2n) is 6.15. The van der Waals surface area contributed by atoms with Gasteiger partial charge in [-0.3, -0.25) is 9.13 Å². The van der Waals surface area contributed by atoms with E-state index in [4.69, 9.17) is 23.3 Å². The third-order valence-corrected chi connectivity index (χ3v) is 6.09. The van der Waals surface area contributed by atoms with E-state index in [9.17, 15) is 8.96 Å². The SMILES string of the molecule is CCOP(=O)(CO[C@H]1O[C@@H](n2cnc3c(OC)ncnc32)[C@@H](F)C1C)OCC. The molecule has 0 N–H and O–H groups in total. The number of nitrogens with zero attached hydrogens (tertiary/aromatic N) is 4. The van der Waals surface area contributed by atoms with Gasteiger partial charge in [-0.15, -0.1) is 0 Å². The molecule has 1 saturated heterocycles. The number of alkyl halides is 1. The van der Waals surface area contributed by atoms with Gasteiger partial charge in [0, 0.05) is 5.92 Å². The predicted molar refractivity (Wildman–Crippen MR) is 96.7 cm³/mol. The molecule has 1 unspecified atom stereocenters. The Bertz CT molecular complexity index is 842. The highest BCUT2D eigenvalue weighted by Gasteiger charge is 2.45. The zero-order chi connectivity index (χ0) is 20.3. The normalized spacial score (nSPS) is 25.5. The van der Waals surface area contributed by atoms with E-state index >= 15 is 0 Å². The van der Waals surface area contributed by atoms with Crippen LogP contribution in [0.3, 0.4) is 0 Å². The molecule has 0 radical (unpaired) electrons. The Morgan fingerprint density at radius 1 is 1.25 bits per heavy atom. The predicted octanol–water partition coefficient (Wildman–Crippen LogP) is 2.90. The Balaban J connectivity index is 1.77. The molecule has 12 heteroatoms. The third kappa shape index (κ3) is 4.04. The van der Waals surface area contributed by atoms with Gasteiger partial charge in [0.25, 0.3) is 0 Å². The highest BCUT2D eigenvalue weighted by Crippen LogP contribution is 2.49. The lowest BCUT2D eigenvalue weighted by atomic mass is 10.1. The molecular weight excluding hydrogens is 394 g/mol. The molecular formula is C16H24FN4O6P. The van der Waals surface area contributed by atoms with Gasteiger partial charge >= 0.3 is 7.60 Å². The lowest BCUT2D eigenvalue weighted by Crippen LogP contribution is -2.22. The van der Waals surface area contributed by atoms with E-state index < -0.39 is 32.2 Å². The van der Waals surface area contributed by atoms with Crippen LogP contribution in [0, 0.1) is 5.92 Å². The van der Waals surface area contributed by atoms with E-state index in [0.29, 0.717) is 11.2 Å². The van der Waals surface area contributed by atoms with Crippen molar-refractivity contribution in [2.45, 2.75) is 39.5 Å². The second-order valence-corrected chi connectivity index (χ2v) is 8.14. The molecule has 0 saturated carbocycles. The summed E-state index contributed by atoms with van der Waals surface area (Å²) < 4.78 is 55.8. The van der Waals surface area contributed by atoms with Crippen LogP contribution in [0.2, 0.25) is 0 Å². The molecule has 28 heavy (non-hydrogen) atoms. The van der Waals surface area contributed by atoms with Gasteiger partial charge in [0.2, 0.25) is 5.88 Å². The van der Waals surface area contributed by atoms with Crippen LogP contribution < -0.4 is 4.74 Å². The van der Waals surface area contributed by atoms with Crippen LogP contribution in [0.15, 0.2) is 12.7 Å². The maximum atomic E-state index is 15.0. The first-order chi connectivity index (χ1) is 13.4. The average molecular weight is 418 g/mol. The number of imidazole rings is 1. The summed E-state index contributed by atoms with van der Waals surface area (Å²) in [6, 6.07) is 0. The summed E-state index contributed by atoms with van der Waals surface area (Å²) in [6.45, 7) is 5.47. The van der Waals surface area contributed by atoms with E-state index in [1.54, 1.807) is 20.8 Å². The Morgan fingerprint density at radius 3 is 2.61 bits per heavy atom. The number of ether oxygens (including phenoxy) is 3. The molecule has 1 aliphatic rings. The highest BCUT2D eigenvalue weighted by atomic mass is 31.2. The number of methoxy groups -OCH3 is 1. The number of fused-ring (bicyclic) bond motifs is 1. The Hall–Kier alpha value is -1.65. The molecule has 0 spiro atoms. The zero-order valence-electron chi connectivity index (χ0n) is 16.1. The van der Waals surface area contributed by atoms with Crippen LogP contribution in [0.1, 0.15) is 27.0 Å². The zero-order valence-corrected chi connectivity index (χ0v) is 17.0. The quantitative estimate of drug-likeness (QED) is 0.568. The van der Waals surface area contributed by atoms with Gasteiger partial charge in [-0.05, 0) is 13.8 Å². The molecule has 1 fully saturated rings. The van der Waals surface area contributed by atoms with Crippen molar-refractivity contribution < 1.29 is 32.2 Å². The molecule has 0 amide bonds. The van der Waals surface area contributed by atoms with Crippen molar-refractivity contribution in [3.8, 4) is 5.88 Å². The number of halogens is 1. The summed E-state index contributed by atoms with van der Waals surface area (Å²) in [7, 11) is -1.96. The summed E-state index contributed by atoms with van der Waals surface area (Å²) in [6.07, 6.45) is -0.955. The van der Waals surface area contributed by atoms with Crippen molar-refractivity contribution in [2.24, 2.45) is 5.92 Å². The lowest BCUT2D eigenvalue weighted by Gasteiger charge is -2.21. The summed E-state index contributed by atoms with van der Waals surface area (Å²) in [5, 5.41) is 0. The molecule has 4 atom stereocenters. The first-order valence-electron chi connectivity index (χ1n) is 8.94. The van der Waals surface area contributed by atoms with Crippen LogP contribution in [-0.4, -0.2) is 58.7 Å². The van der Waals surface area contributed by atoms with Gasteiger partial charge in [0.05, 0.1) is 26.7 Å². The Morgan fingerprint density at radius 2 is 1.96 bits per heavy atom. The van der Waals surface area contributed by atoms with E-state index in [-0.39, 0.29) is 25.4 Å². The fourth-order valence-corrected chi connectivity index (χ4v) is 4.33. The topological polar surface area (TPSA) is 107 Å². The largest absolute Gasteiger partial charge is 0.479 e. The second kappa shape index (κ2) is 8.79. The van der Waals surface area contributed by atoms with Crippen LogP contribution in [-0.2, 0) is 23.1 Å². The highest BCUT2D eigenvalue weighted by molar-refractivity contribution is 7.53. The average Bonchev–Trinajstić information content (AvgIpc) is 3.22. The van der Waals surface area contributed by atoms with Gasteiger partial charge < -0.3 is 23.3 Å². The molecule has 3 rings (SSSR count). The molecule has 2 aromatic heterocycles. The van der Waals surface area contributed by atoms with Crippen molar-refractivity contribution >= 4 is 18.8 Å². The number of aromatic nitrogens is 4. The third-order valence-electron chi connectivity index (χ3n) is 4.32. The monoisotopic (exact) mass is 418 g/mol. The minimum Gasteiger partial charge on any atom is -0.479 e. The molecule has 3 heterocycles. The van der Waals surface area contributed by atoms with Crippen LogP contribution >= 0.6 is 7.60 Å². The summed E-state index contributed by atoms with van der Waals surface area (Å²) in [5.41, 5.74) is 0.775. The molecule has 0 bridgehead atoms. The molecule has 156 valence electrons. The van der Waals surface area contributed by atoms with Gasteiger partial charge in [-0.2, -0.15) is 4.98 Å². The summed E-state index contributed by atoms with van der Waals surface area (Å²) in [4.78, 5) is 12.3. The van der Waals surface area contributed by atoms with Crippen molar-refractivity contribution in [1.29, 1.82) is 0 Å². The fourth-order valence-electron chi connectivity index (χ4n) is 2.99. The van der Waals surface area contributed by atoms with Crippen LogP contribution in [0.4, 0.5) is 4.39 Å². The maximum Gasteiger partial charge on any atom is 0.356 e. The van der Waals surface area contributed by atoms with E-state index in [0.717, 1.165) is 0 Å².